The summed E-state index contributed by atoms with van der Waals surface area (Å²) in [6.45, 7) is 0.167. The number of halogens is 3. The molecule has 0 N–H and O–H groups in total. The quantitative estimate of drug-likeness (QED) is 0.469. The molecule has 29 heavy (non-hydrogen) atoms. The highest BCUT2D eigenvalue weighted by atomic mass is 19.4. The summed E-state index contributed by atoms with van der Waals surface area (Å²) in [5.41, 5.74) is 2.67. The number of aliphatic imine (C=N–C) groups is 1. The van der Waals surface area contributed by atoms with Gasteiger partial charge < -0.3 is 9.64 Å². The van der Waals surface area contributed by atoms with Crippen LogP contribution in [0.3, 0.4) is 0 Å². The normalized spacial score (nSPS) is 11.6. The molecule has 0 unspecified atom stereocenters. The Morgan fingerprint density at radius 2 is 1.55 bits per heavy atom. The van der Waals surface area contributed by atoms with Crippen molar-refractivity contribution in [3.63, 3.8) is 0 Å². The maximum absolute atomic E-state index is 12.7. The minimum absolute atomic E-state index is 0.167. The molecule has 0 aromatic heterocycles. The third-order valence-corrected chi connectivity index (χ3v) is 4.31. The first kappa shape index (κ1) is 20.5. The van der Waals surface area contributed by atoms with Crippen molar-refractivity contribution in [2.45, 2.75) is 12.8 Å². The van der Waals surface area contributed by atoms with Gasteiger partial charge in [0.1, 0.15) is 12.4 Å². The van der Waals surface area contributed by atoms with E-state index in [1.165, 1.54) is 12.1 Å². The van der Waals surface area contributed by atoms with E-state index in [1.807, 2.05) is 61.5 Å². The molecule has 3 aromatic carbocycles. The first-order valence-electron chi connectivity index (χ1n) is 9.02. The van der Waals surface area contributed by atoms with Gasteiger partial charge in [-0.3, -0.25) is 4.99 Å². The highest BCUT2D eigenvalue weighted by Crippen LogP contribution is 2.29. The van der Waals surface area contributed by atoms with Gasteiger partial charge in [-0.1, -0.05) is 24.3 Å². The lowest BCUT2D eigenvalue weighted by atomic mass is 10.1. The average Bonchev–Trinajstić information content (AvgIpc) is 2.71. The van der Waals surface area contributed by atoms with Gasteiger partial charge in [0.2, 0.25) is 0 Å². The molecule has 0 saturated heterocycles. The molecule has 0 bridgehead atoms. The molecule has 0 heterocycles. The van der Waals surface area contributed by atoms with E-state index >= 15 is 0 Å². The predicted octanol–water partition coefficient (Wildman–Crippen LogP) is 6.10. The maximum atomic E-state index is 12.7. The zero-order valence-electron chi connectivity index (χ0n) is 16.1. The van der Waals surface area contributed by atoms with E-state index in [-0.39, 0.29) is 6.61 Å². The molecular formula is C23H21F3N2O. The van der Waals surface area contributed by atoms with E-state index in [9.17, 15) is 13.2 Å². The lowest BCUT2D eigenvalue weighted by Crippen LogP contribution is -2.07. The summed E-state index contributed by atoms with van der Waals surface area (Å²) in [6.07, 6.45) is -2.63. The first-order chi connectivity index (χ1) is 13.8. The van der Waals surface area contributed by atoms with E-state index in [0.717, 1.165) is 29.1 Å². The molecule has 0 aliphatic heterocycles. The number of alkyl halides is 3. The van der Waals surface area contributed by atoms with Crippen molar-refractivity contribution in [1.29, 1.82) is 0 Å². The Hall–Kier alpha value is -3.28. The molecule has 0 saturated carbocycles. The van der Waals surface area contributed by atoms with Crippen molar-refractivity contribution in [1.82, 2.24) is 0 Å². The highest BCUT2D eigenvalue weighted by Gasteiger charge is 2.29. The number of nitrogens with zero attached hydrogens (tertiary/aromatic N) is 2. The van der Waals surface area contributed by atoms with Crippen LogP contribution in [0.5, 0.6) is 5.75 Å². The van der Waals surface area contributed by atoms with Gasteiger partial charge in [-0.25, -0.2) is 0 Å². The van der Waals surface area contributed by atoms with E-state index in [4.69, 9.17) is 4.74 Å². The predicted molar refractivity (Wildman–Crippen MR) is 110 cm³/mol. The molecule has 3 aromatic rings. The second-order valence-electron chi connectivity index (χ2n) is 6.69. The number of rotatable bonds is 6. The number of hydrogen-bond acceptors (Lipinski definition) is 3. The van der Waals surface area contributed by atoms with E-state index < -0.39 is 11.7 Å². The zero-order chi connectivity index (χ0) is 20.9. The molecule has 0 atom stereocenters. The Bertz CT molecular complexity index is 963. The number of ether oxygens (including phenoxy) is 1. The van der Waals surface area contributed by atoms with Gasteiger partial charge in [-0.2, -0.15) is 13.2 Å². The van der Waals surface area contributed by atoms with Crippen molar-refractivity contribution in [3.05, 3.63) is 89.5 Å². The zero-order valence-corrected chi connectivity index (χ0v) is 16.1. The fraction of sp³-hybridized carbons (Fsp3) is 0.174. The van der Waals surface area contributed by atoms with Gasteiger partial charge in [-0.15, -0.1) is 0 Å². The van der Waals surface area contributed by atoms with Crippen LogP contribution in [0.4, 0.5) is 24.5 Å². The third kappa shape index (κ3) is 5.60. The van der Waals surface area contributed by atoms with Gasteiger partial charge in [0.15, 0.2) is 0 Å². The molecule has 0 amide bonds. The maximum Gasteiger partial charge on any atom is 0.416 e. The second-order valence-corrected chi connectivity index (χ2v) is 6.69. The molecule has 0 aliphatic carbocycles. The first-order valence-corrected chi connectivity index (χ1v) is 9.02. The van der Waals surface area contributed by atoms with Crippen LogP contribution in [-0.2, 0) is 12.8 Å². The topological polar surface area (TPSA) is 24.8 Å². The van der Waals surface area contributed by atoms with Crippen molar-refractivity contribution >= 4 is 17.6 Å². The average molecular weight is 398 g/mol. The smallest absolute Gasteiger partial charge is 0.416 e. The Morgan fingerprint density at radius 3 is 2.17 bits per heavy atom. The number of hydrogen-bond donors (Lipinski definition) is 0. The molecule has 0 aliphatic rings. The van der Waals surface area contributed by atoms with Crippen LogP contribution < -0.4 is 9.64 Å². The fourth-order valence-electron chi connectivity index (χ4n) is 2.65. The molecule has 6 heteroatoms. The van der Waals surface area contributed by atoms with Crippen LogP contribution in [0.25, 0.3) is 0 Å². The fourth-order valence-corrected chi connectivity index (χ4v) is 2.65. The lowest BCUT2D eigenvalue weighted by Gasteiger charge is -2.12. The largest absolute Gasteiger partial charge is 0.488 e. The number of benzene rings is 3. The molecule has 150 valence electrons. The lowest BCUT2D eigenvalue weighted by molar-refractivity contribution is -0.137. The molecule has 0 fully saturated rings. The van der Waals surface area contributed by atoms with Crippen molar-refractivity contribution in [3.8, 4) is 5.75 Å². The number of para-hydroxylation sites is 1. The standard InChI is InChI=1S/C23H21F3N2O/c1-28(2)21-13-11-20(12-14-21)27-15-18-5-3-4-6-22(18)29-16-17-7-9-19(10-8-17)23(24,25)26/h3-15H,16H2,1-2H3/b27-15-. The summed E-state index contributed by atoms with van der Waals surface area (Å²) in [5.74, 6) is 0.612. The third-order valence-electron chi connectivity index (χ3n) is 4.31. The van der Waals surface area contributed by atoms with E-state index in [2.05, 4.69) is 4.99 Å². The molecule has 0 spiro atoms. The number of anilines is 1. The minimum atomic E-state index is -4.34. The van der Waals surface area contributed by atoms with Crippen molar-refractivity contribution < 1.29 is 17.9 Å². The van der Waals surface area contributed by atoms with Crippen LogP contribution in [0, 0.1) is 0 Å². The monoisotopic (exact) mass is 398 g/mol. The Labute approximate surface area is 168 Å². The summed E-state index contributed by atoms with van der Waals surface area (Å²) < 4.78 is 43.8. The minimum Gasteiger partial charge on any atom is -0.488 e. The Morgan fingerprint density at radius 1 is 0.897 bits per heavy atom. The summed E-state index contributed by atoms with van der Waals surface area (Å²) in [4.78, 5) is 6.49. The molecule has 3 rings (SSSR count). The van der Waals surface area contributed by atoms with Crippen LogP contribution >= 0.6 is 0 Å². The second kappa shape index (κ2) is 8.82. The van der Waals surface area contributed by atoms with Crippen LogP contribution in [-0.4, -0.2) is 20.3 Å². The summed E-state index contributed by atoms with van der Waals surface area (Å²) in [5, 5.41) is 0. The van der Waals surface area contributed by atoms with Gasteiger partial charge >= 0.3 is 6.18 Å². The van der Waals surface area contributed by atoms with E-state index in [0.29, 0.717) is 11.3 Å². The molecule has 0 radical (unpaired) electrons. The van der Waals surface area contributed by atoms with Crippen LogP contribution in [0.1, 0.15) is 16.7 Å². The Balaban J connectivity index is 1.69. The van der Waals surface area contributed by atoms with Gasteiger partial charge in [-0.05, 0) is 54.1 Å². The summed E-state index contributed by atoms with van der Waals surface area (Å²) in [6, 6.07) is 20.2. The van der Waals surface area contributed by atoms with Crippen LogP contribution in [0.15, 0.2) is 77.8 Å². The Kier molecular flexibility index (Phi) is 6.22. The van der Waals surface area contributed by atoms with Gasteiger partial charge in [0.25, 0.3) is 0 Å². The summed E-state index contributed by atoms with van der Waals surface area (Å²) >= 11 is 0. The molecule has 3 nitrogen and oxygen atoms in total. The highest BCUT2D eigenvalue weighted by molar-refractivity contribution is 5.85. The van der Waals surface area contributed by atoms with Gasteiger partial charge in [0, 0.05) is 31.6 Å². The SMILES string of the molecule is CN(C)c1ccc(/N=C\c2ccccc2OCc2ccc(C(F)(F)F)cc2)cc1. The van der Waals surface area contributed by atoms with Gasteiger partial charge in [0.05, 0.1) is 11.3 Å². The summed E-state index contributed by atoms with van der Waals surface area (Å²) in [7, 11) is 3.95. The van der Waals surface area contributed by atoms with Crippen LogP contribution in [0.2, 0.25) is 0 Å². The van der Waals surface area contributed by atoms with Crippen molar-refractivity contribution in [2.24, 2.45) is 4.99 Å². The molecular weight excluding hydrogens is 377 g/mol. The van der Waals surface area contributed by atoms with E-state index in [1.54, 1.807) is 12.3 Å². The van der Waals surface area contributed by atoms with Crippen molar-refractivity contribution in [2.75, 3.05) is 19.0 Å².